The molecule has 3 aromatic carbocycles. The average Bonchev–Trinajstić information content (AvgIpc) is 2.73. The molecular weight excluding hydrogens is 394 g/mol. The summed E-state index contributed by atoms with van der Waals surface area (Å²) < 4.78 is 11.5. The molecule has 0 fully saturated rings. The van der Waals surface area contributed by atoms with Crippen LogP contribution in [-0.4, -0.2) is 35.2 Å². The van der Waals surface area contributed by atoms with Crippen molar-refractivity contribution in [3.8, 4) is 11.5 Å². The van der Waals surface area contributed by atoms with Crippen molar-refractivity contribution < 1.29 is 14.6 Å². The first-order valence-corrected chi connectivity index (χ1v) is 11.2. The Kier molecular flexibility index (Phi) is 6.72. The summed E-state index contributed by atoms with van der Waals surface area (Å²) in [5.74, 6) is 3.85. The largest absolute Gasteiger partial charge is 0.491 e. The molecule has 1 atom stereocenters. The van der Waals surface area contributed by atoms with Crippen LogP contribution in [0.15, 0.2) is 77.9 Å². The molecule has 0 aliphatic carbocycles. The molecule has 1 unspecified atom stereocenters. The molecule has 4 nitrogen and oxygen atoms in total. The van der Waals surface area contributed by atoms with E-state index in [2.05, 4.69) is 29.3 Å². The molecule has 1 N–H and O–H groups in total. The fourth-order valence-corrected chi connectivity index (χ4v) is 4.14. The van der Waals surface area contributed by atoms with Gasteiger partial charge < -0.3 is 14.6 Å². The van der Waals surface area contributed by atoms with Gasteiger partial charge in [0.05, 0.1) is 6.10 Å². The zero-order chi connectivity index (χ0) is 20.8. The summed E-state index contributed by atoms with van der Waals surface area (Å²) in [6, 6.07) is 20.3. The Hall–Kier alpha value is -2.76. The summed E-state index contributed by atoms with van der Waals surface area (Å²) in [5.41, 5.74) is 2.47. The smallest absolute Gasteiger partial charge is 0.220 e. The lowest BCUT2D eigenvalue weighted by atomic mass is 10.0. The Morgan fingerprint density at radius 1 is 1.00 bits per heavy atom. The normalized spacial score (nSPS) is 13.6. The van der Waals surface area contributed by atoms with E-state index in [0.29, 0.717) is 18.3 Å². The zero-order valence-corrected chi connectivity index (χ0v) is 17.8. The lowest BCUT2D eigenvalue weighted by Crippen LogP contribution is -2.20. The highest BCUT2D eigenvalue weighted by Gasteiger charge is 2.10. The zero-order valence-electron chi connectivity index (χ0n) is 17.0. The van der Waals surface area contributed by atoms with Crippen LogP contribution in [0, 0.1) is 6.92 Å². The molecule has 0 bridgehead atoms. The summed E-state index contributed by atoms with van der Waals surface area (Å²) in [6.07, 6.45) is 4.02. The number of aryl methyl sites for hydroxylation is 2. The average molecular weight is 420 g/mol. The van der Waals surface area contributed by atoms with Crippen LogP contribution in [0.25, 0.3) is 10.8 Å². The third kappa shape index (κ3) is 5.23. The maximum atomic E-state index is 10.2. The highest BCUT2D eigenvalue weighted by Crippen LogP contribution is 2.29. The molecule has 4 rings (SSSR count). The summed E-state index contributed by atoms with van der Waals surface area (Å²) >= 11 is 1.74. The monoisotopic (exact) mass is 419 g/mol. The van der Waals surface area contributed by atoms with E-state index in [4.69, 9.17) is 9.47 Å². The van der Waals surface area contributed by atoms with Gasteiger partial charge in [-0.15, -0.1) is 0 Å². The molecule has 0 radical (unpaired) electrons. The molecule has 3 aromatic rings. The van der Waals surface area contributed by atoms with Crippen LogP contribution in [0.5, 0.6) is 11.5 Å². The molecule has 1 heterocycles. The van der Waals surface area contributed by atoms with Gasteiger partial charge >= 0.3 is 0 Å². The van der Waals surface area contributed by atoms with Crippen LogP contribution in [0.2, 0.25) is 0 Å². The van der Waals surface area contributed by atoms with Gasteiger partial charge in [-0.25, -0.2) is 4.99 Å². The minimum atomic E-state index is -0.486. The Balaban J connectivity index is 1.27. The molecule has 5 heteroatoms. The number of rotatable bonds is 9. The van der Waals surface area contributed by atoms with Crippen molar-refractivity contribution in [2.45, 2.75) is 19.4 Å². The summed E-state index contributed by atoms with van der Waals surface area (Å²) in [6.45, 7) is 2.35. The SMILES string of the molecule is Cc1ccc(OCC(O)CSCCc2cccc3c(OC4=NC=C4)cccc23)cc1. The van der Waals surface area contributed by atoms with Crippen molar-refractivity contribution >= 4 is 28.4 Å². The van der Waals surface area contributed by atoms with Crippen molar-refractivity contribution in [2.75, 3.05) is 18.1 Å². The molecule has 0 saturated carbocycles. The molecule has 0 amide bonds. The third-order valence-corrected chi connectivity index (χ3v) is 6.01. The fourth-order valence-electron chi connectivity index (χ4n) is 3.24. The standard InChI is InChI=1S/C25H25NO3S/c1-18-8-10-21(11-9-18)28-16-20(27)17-30-15-13-19-4-2-6-23-22(19)5-3-7-24(23)29-25-12-14-26-25/h2-12,14,20,27H,13,15-17H2,1H3. The van der Waals surface area contributed by atoms with E-state index >= 15 is 0 Å². The predicted octanol–water partition coefficient (Wildman–Crippen LogP) is 5.17. The first kappa shape index (κ1) is 20.5. The number of aliphatic hydroxyl groups is 1. The van der Waals surface area contributed by atoms with Gasteiger partial charge in [0.2, 0.25) is 5.90 Å². The number of thioether (sulfide) groups is 1. The van der Waals surface area contributed by atoms with Crippen LogP contribution in [-0.2, 0) is 6.42 Å². The van der Waals surface area contributed by atoms with Crippen molar-refractivity contribution in [1.29, 1.82) is 0 Å². The minimum absolute atomic E-state index is 0.309. The Morgan fingerprint density at radius 3 is 2.53 bits per heavy atom. The molecule has 0 aromatic heterocycles. The summed E-state index contributed by atoms with van der Waals surface area (Å²) in [4.78, 5) is 4.09. The van der Waals surface area contributed by atoms with Gasteiger partial charge in [-0.1, -0.05) is 48.0 Å². The number of benzene rings is 3. The number of ether oxygens (including phenoxy) is 2. The Bertz CT molecular complexity index is 1060. The quantitative estimate of drug-likeness (QED) is 0.486. The van der Waals surface area contributed by atoms with Crippen LogP contribution >= 0.6 is 11.8 Å². The first-order valence-electron chi connectivity index (χ1n) is 10.1. The van der Waals surface area contributed by atoms with Crippen molar-refractivity contribution in [3.63, 3.8) is 0 Å². The molecule has 1 aliphatic rings. The second-order valence-electron chi connectivity index (χ2n) is 7.26. The van der Waals surface area contributed by atoms with Crippen molar-refractivity contribution in [2.24, 2.45) is 4.99 Å². The van der Waals surface area contributed by atoms with Gasteiger partial charge in [0.15, 0.2) is 0 Å². The number of aliphatic hydroxyl groups excluding tert-OH is 1. The second kappa shape index (κ2) is 9.83. The van der Waals surface area contributed by atoms with E-state index in [-0.39, 0.29) is 0 Å². The van der Waals surface area contributed by atoms with Gasteiger partial charge in [0.25, 0.3) is 0 Å². The second-order valence-corrected chi connectivity index (χ2v) is 8.41. The third-order valence-electron chi connectivity index (χ3n) is 4.90. The lowest BCUT2D eigenvalue weighted by Gasteiger charge is -2.14. The van der Waals surface area contributed by atoms with E-state index in [0.717, 1.165) is 29.1 Å². The predicted molar refractivity (Wildman–Crippen MR) is 125 cm³/mol. The van der Waals surface area contributed by atoms with Gasteiger partial charge in [0.1, 0.15) is 18.1 Å². The molecular formula is C25H25NO3S. The van der Waals surface area contributed by atoms with Crippen LogP contribution in [0.4, 0.5) is 0 Å². The lowest BCUT2D eigenvalue weighted by molar-refractivity contribution is 0.126. The Labute approximate surface area is 181 Å². The summed E-state index contributed by atoms with van der Waals surface area (Å²) in [7, 11) is 0. The molecule has 154 valence electrons. The fraction of sp³-hybridized carbons (Fsp3) is 0.240. The van der Waals surface area contributed by atoms with E-state index in [9.17, 15) is 5.11 Å². The highest BCUT2D eigenvalue weighted by molar-refractivity contribution is 7.99. The number of aliphatic imine (C=N–C) groups is 1. The highest BCUT2D eigenvalue weighted by atomic mass is 32.2. The molecule has 1 aliphatic heterocycles. The summed E-state index contributed by atoms with van der Waals surface area (Å²) in [5, 5.41) is 12.5. The number of nitrogens with zero attached hydrogens (tertiary/aromatic N) is 1. The maximum absolute atomic E-state index is 10.2. The number of hydrogen-bond donors (Lipinski definition) is 1. The van der Waals surface area contributed by atoms with E-state index in [1.54, 1.807) is 18.0 Å². The molecule has 0 spiro atoms. The van der Waals surface area contributed by atoms with Crippen LogP contribution < -0.4 is 9.47 Å². The number of fused-ring (bicyclic) bond motifs is 1. The van der Waals surface area contributed by atoms with Crippen LogP contribution in [0.1, 0.15) is 11.1 Å². The van der Waals surface area contributed by atoms with Crippen molar-refractivity contribution in [3.05, 3.63) is 84.1 Å². The molecule has 0 saturated heterocycles. The van der Waals surface area contributed by atoms with Gasteiger partial charge in [-0.3, -0.25) is 0 Å². The van der Waals surface area contributed by atoms with Crippen molar-refractivity contribution in [1.82, 2.24) is 0 Å². The maximum Gasteiger partial charge on any atom is 0.220 e. The van der Waals surface area contributed by atoms with Gasteiger partial charge in [-0.2, -0.15) is 11.8 Å². The molecule has 30 heavy (non-hydrogen) atoms. The van der Waals surface area contributed by atoms with E-state index in [1.165, 1.54) is 16.5 Å². The minimum Gasteiger partial charge on any atom is -0.491 e. The topological polar surface area (TPSA) is 51.0 Å². The van der Waals surface area contributed by atoms with Gasteiger partial charge in [-0.05, 0) is 48.2 Å². The first-order chi connectivity index (χ1) is 14.7. The number of hydrogen-bond acceptors (Lipinski definition) is 5. The van der Waals surface area contributed by atoms with E-state index < -0.39 is 6.10 Å². The van der Waals surface area contributed by atoms with Crippen LogP contribution in [0.3, 0.4) is 0 Å². The van der Waals surface area contributed by atoms with E-state index in [1.807, 2.05) is 49.4 Å². The Morgan fingerprint density at radius 2 is 1.77 bits per heavy atom. The van der Waals surface area contributed by atoms with Gasteiger partial charge in [0, 0.05) is 23.4 Å².